The summed E-state index contributed by atoms with van der Waals surface area (Å²) >= 11 is 0. The molecule has 2 rings (SSSR count). The maximum atomic E-state index is 12.4. The molecule has 0 radical (unpaired) electrons. The van der Waals surface area contributed by atoms with Gasteiger partial charge in [0.2, 0.25) is 5.91 Å². The molecule has 0 unspecified atom stereocenters. The first kappa shape index (κ1) is 12.0. The molecular weight excluding hydrogens is 214 g/mol. The van der Waals surface area contributed by atoms with E-state index in [9.17, 15) is 4.79 Å². The second-order valence-electron chi connectivity index (χ2n) is 5.38. The number of carbonyl (C=O) groups excluding carboxylic acids is 1. The Morgan fingerprint density at radius 3 is 2.71 bits per heavy atom. The second-order valence-corrected chi connectivity index (χ2v) is 5.38. The van der Waals surface area contributed by atoms with Gasteiger partial charge in [0.1, 0.15) is 5.75 Å². The molecule has 0 aromatic heterocycles. The molecule has 1 aromatic carbocycles. The highest BCUT2D eigenvalue weighted by molar-refractivity contribution is 5.98. The number of benzene rings is 1. The monoisotopic (exact) mass is 233 g/mol. The average Bonchev–Trinajstić information content (AvgIpc) is 2.48. The number of amides is 1. The van der Waals surface area contributed by atoms with Gasteiger partial charge in [-0.25, -0.2) is 0 Å². The zero-order chi connectivity index (χ0) is 12.5. The molecule has 0 saturated carbocycles. The topological polar surface area (TPSA) is 29.5 Å². The fraction of sp³-hybridized carbons (Fsp3) is 0.500. The Kier molecular flexibility index (Phi) is 3.09. The number of fused-ring (bicyclic) bond motifs is 1. The third-order valence-electron chi connectivity index (χ3n) is 2.83. The summed E-state index contributed by atoms with van der Waals surface area (Å²) in [5.41, 5.74) is 0.530. The van der Waals surface area contributed by atoms with Crippen LogP contribution in [0.3, 0.4) is 0 Å². The number of nitrogens with zero attached hydrogens (tertiary/aromatic N) is 1. The molecule has 1 aliphatic heterocycles. The summed E-state index contributed by atoms with van der Waals surface area (Å²) in [5, 5.41) is 0. The molecule has 1 amide bonds. The maximum absolute atomic E-state index is 12.4. The van der Waals surface area contributed by atoms with Crippen LogP contribution in [0.25, 0.3) is 0 Å². The predicted octanol–water partition coefficient (Wildman–Crippen LogP) is 2.85. The first-order valence-corrected chi connectivity index (χ1v) is 6.04. The zero-order valence-corrected chi connectivity index (χ0v) is 10.7. The van der Waals surface area contributed by atoms with Crippen LogP contribution >= 0.6 is 0 Å². The first-order chi connectivity index (χ1) is 8.00. The Balaban J connectivity index is 2.38. The summed E-state index contributed by atoms with van der Waals surface area (Å²) in [6.07, 6.45) is 0.872. The molecule has 0 saturated heterocycles. The number of carbonyl (C=O) groups is 1. The number of hydrogen-bond acceptors (Lipinski definition) is 2. The molecule has 1 aliphatic rings. The number of ether oxygens (including phenoxy) is 1. The minimum absolute atomic E-state index is 0.149. The van der Waals surface area contributed by atoms with Gasteiger partial charge in [-0.2, -0.15) is 0 Å². The van der Waals surface area contributed by atoms with Crippen molar-refractivity contribution in [3.05, 3.63) is 24.3 Å². The molecule has 0 N–H and O–H groups in total. The van der Waals surface area contributed by atoms with E-state index in [2.05, 4.69) is 0 Å². The summed E-state index contributed by atoms with van der Waals surface area (Å²) < 4.78 is 5.65. The van der Waals surface area contributed by atoms with E-state index >= 15 is 0 Å². The molecule has 0 bridgehead atoms. The van der Waals surface area contributed by atoms with Crippen LogP contribution in [0.2, 0.25) is 0 Å². The van der Waals surface area contributed by atoms with Gasteiger partial charge in [0.15, 0.2) is 0 Å². The van der Waals surface area contributed by atoms with E-state index in [1.807, 2.05) is 49.9 Å². The van der Waals surface area contributed by atoms with Crippen LogP contribution in [-0.2, 0) is 4.79 Å². The lowest BCUT2D eigenvalue weighted by Crippen LogP contribution is -2.39. The van der Waals surface area contributed by atoms with E-state index < -0.39 is 0 Å². The fourth-order valence-corrected chi connectivity index (χ4v) is 1.94. The average molecular weight is 233 g/mol. The van der Waals surface area contributed by atoms with Crippen molar-refractivity contribution < 1.29 is 9.53 Å². The normalized spacial score (nSPS) is 15.8. The molecule has 1 heterocycles. The predicted molar refractivity (Wildman–Crippen MR) is 68.4 cm³/mol. The van der Waals surface area contributed by atoms with Crippen molar-refractivity contribution in [3.63, 3.8) is 0 Å². The molecular formula is C14H19NO2. The number of anilines is 1. The molecule has 1 aromatic rings. The second kappa shape index (κ2) is 4.40. The lowest BCUT2D eigenvalue weighted by Gasteiger charge is -2.28. The van der Waals surface area contributed by atoms with E-state index in [4.69, 9.17) is 4.74 Å². The van der Waals surface area contributed by atoms with E-state index in [1.54, 1.807) is 0 Å². The highest BCUT2D eigenvalue weighted by Gasteiger charge is 2.30. The molecule has 17 heavy (non-hydrogen) atoms. The van der Waals surface area contributed by atoms with Gasteiger partial charge in [0.05, 0.1) is 12.3 Å². The number of rotatable bonds is 0. The maximum Gasteiger partial charge on any atom is 0.232 e. The Morgan fingerprint density at radius 1 is 1.29 bits per heavy atom. The zero-order valence-electron chi connectivity index (χ0n) is 10.7. The van der Waals surface area contributed by atoms with Gasteiger partial charge >= 0.3 is 0 Å². The molecule has 0 spiro atoms. The van der Waals surface area contributed by atoms with Gasteiger partial charge in [-0.05, 0) is 18.6 Å². The summed E-state index contributed by atoms with van der Waals surface area (Å²) in [6, 6.07) is 7.74. The smallest absolute Gasteiger partial charge is 0.232 e. The van der Waals surface area contributed by atoms with Crippen LogP contribution in [0.4, 0.5) is 5.69 Å². The quantitative estimate of drug-likeness (QED) is 0.689. The minimum Gasteiger partial charge on any atom is -0.491 e. The third kappa shape index (κ3) is 2.43. The summed E-state index contributed by atoms with van der Waals surface area (Å²) in [7, 11) is 0. The van der Waals surface area contributed by atoms with E-state index in [-0.39, 0.29) is 11.3 Å². The fourth-order valence-electron chi connectivity index (χ4n) is 1.94. The van der Waals surface area contributed by atoms with Crippen molar-refractivity contribution in [2.45, 2.75) is 27.2 Å². The van der Waals surface area contributed by atoms with Gasteiger partial charge in [0.25, 0.3) is 0 Å². The largest absolute Gasteiger partial charge is 0.491 e. The Bertz CT molecular complexity index is 420. The Hall–Kier alpha value is -1.51. The molecule has 0 atom stereocenters. The minimum atomic E-state index is -0.364. The Morgan fingerprint density at radius 2 is 2.00 bits per heavy atom. The van der Waals surface area contributed by atoms with E-state index in [1.165, 1.54) is 0 Å². The summed E-state index contributed by atoms with van der Waals surface area (Å²) in [5.74, 6) is 0.957. The molecule has 0 fully saturated rings. The SMILES string of the molecule is CC(C)(C)C(=O)N1CCCOc2ccccc21. The van der Waals surface area contributed by atoms with Gasteiger partial charge in [-0.15, -0.1) is 0 Å². The highest BCUT2D eigenvalue weighted by atomic mass is 16.5. The van der Waals surface area contributed by atoms with Crippen molar-refractivity contribution in [1.29, 1.82) is 0 Å². The molecule has 3 nitrogen and oxygen atoms in total. The number of para-hydroxylation sites is 2. The lowest BCUT2D eigenvalue weighted by atomic mass is 9.94. The highest BCUT2D eigenvalue weighted by Crippen LogP contribution is 2.33. The van der Waals surface area contributed by atoms with Gasteiger partial charge in [-0.3, -0.25) is 4.79 Å². The third-order valence-corrected chi connectivity index (χ3v) is 2.83. The standard InChI is InChI=1S/C14H19NO2/c1-14(2,3)13(16)15-9-6-10-17-12-8-5-4-7-11(12)15/h4-5,7-8H,6,9-10H2,1-3H3. The van der Waals surface area contributed by atoms with Crippen LogP contribution < -0.4 is 9.64 Å². The number of hydrogen-bond donors (Lipinski definition) is 0. The van der Waals surface area contributed by atoms with Gasteiger partial charge < -0.3 is 9.64 Å². The van der Waals surface area contributed by atoms with Crippen LogP contribution in [0.15, 0.2) is 24.3 Å². The summed E-state index contributed by atoms with van der Waals surface area (Å²) in [6.45, 7) is 7.25. The van der Waals surface area contributed by atoms with Crippen molar-refractivity contribution in [3.8, 4) is 5.75 Å². The van der Waals surface area contributed by atoms with Crippen LogP contribution in [0.5, 0.6) is 5.75 Å². The first-order valence-electron chi connectivity index (χ1n) is 6.04. The molecule has 0 aliphatic carbocycles. The van der Waals surface area contributed by atoms with Gasteiger partial charge in [0, 0.05) is 12.0 Å². The van der Waals surface area contributed by atoms with E-state index in [0.717, 1.165) is 24.4 Å². The molecule has 3 heteroatoms. The van der Waals surface area contributed by atoms with Crippen molar-refractivity contribution in [1.82, 2.24) is 0 Å². The Labute approximate surface area is 102 Å². The lowest BCUT2D eigenvalue weighted by molar-refractivity contribution is -0.125. The van der Waals surface area contributed by atoms with Crippen molar-refractivity contribution >= 4 is 11.6 Å². The van der Waals surface area contributed by atoms with Crippen molar-refractivity contribution in [2.24, 2.45) is 5.41 Å². The molecule has 92 valence electrons. The summed E-state index contributed by atoms with van der Waals surface area (Å²) in [4.78, 5) is 14.3. The van der Waals surface area contributed by atoms with Crippen LogP contribution in [0, 0.1) is 5.41 Å². The van der Waals surface area contributed by atoms with Crippen molar-refractivity contribution in [2.75, 3.05) is 18.1 Å². The van der Waals surface area contributed by atoms with Crippen LogP contribution in [-0.4, -0.2) is 19.1 Å². The van der Waals surface area contributed by atoms with E-state index in [0.29, 0.717) is 6.61 Å². The van der Waals surface area contributed by atoms with Crippen LogP contribution in [0.1, 0.15) is 27.2 Å². The van der Waals surface area contributed by atoms with Gasteiger partial charge in [-0.1, -0.05) is 32.9 Å².